The van der Waals surface area contributed by atoms with Crippen LogP contribution in [-0.4, -0.2) is 21.9 Å². The summed E-state index contributed by atoms with van der Waals surface area (Å²) in [5.41, 5.74) is 0.419. The van der Waals surface area contributed by atoms with E-state index in [-0.39, 0.29) is 5.92 Å². The highest BCUT2D eigenvalue weighted by Crippen LogP contribution is 2.28. The van der Waals surface area contributed by atoms with E-state index in [1.165, 1.54) is 11.8 Å². The van der Waals surface area contributed by atoms with Crippen molar-refractivity contribution in [3.8, 4) is 0 Å². The normalized spacial score (nSPS) is 12.9. The second kappa shape index (κ2) is 8.77. The third kappa shape index (κ3) is 6.21. The van der Waals surface area contributed by atoms with Gasteiger partial charge in [0.1, 0.15) is 11.6 Å². The first kappa shape index (κ1) is 20.6. The Hall–Kier alpha value is -1.73. The molecule has 1 unspecified atom stereocenters. The molecule has 0 saturated heterocycles. The lowest BCUT2D eigenvalue weighted by molar-refractivity contribution is 0.0477. The van der Waals surface area contributed by atoms with Crippen LogP contribution in [0.3, 0.4) is 0 Å². The number of amides is 1. The molecule has 1 atom stereocenters. The fourth-order valence-corrected chi connectivity index (χ4v) is 3.16. The number of carbonyl (C=O) groups is 1. The third-order valence-corrected chi connectivity index (χ3v) is 4.57. The van der Waals surface area contributed by atoms with Gasteiger partial charge in [-0.2, -0.15) is 0 Å². The minimum atomic E-state index is -0.573. The molecule has 0 aliphatic heterocycles. The molecule has 2 rings (SSSR count). The second-order valence-corrected chi connectivity index (χ2v) is 8.49. The first-order valence-corrected chi connectivity index (χ1v) is 9.71. The molecule has 6 nitrogen and oxygen atoms in total. The molecule has 26 heavy (non-hydrogen) atoms. The van der Waals surface area contributed by atoms with Crippen LogP contribution >= 0.6 is 23.4 Å². The molecular formula is C18H24ClN3O3S. The number of thioether (sulfide) groups is 1. The van der Waals surface area contributed by atoms with Gasteiger partial charge in [0.2, 0.25) is 5.89 Å². The van der Waals surface area contributed by atoms with Gasteiger partial charge in [-0.1, -0.05) is 55.4 Å². The number of carbonyl (C=O) groups excluding carboxylic acids is 1. The first-order valence-electron chi connectivity index (χ1n) is 8.35. The zero-order chi connectivity index (χ0) is 19.3. The maximum absolute atomic E-state index is 12.1. The van der Waals surface area contributed by atoms with E-state index >= 15 is 0 Å². The maximum atomic E-state index is 12.1. The predicted molar refractivity (Wildman–Crippen MR) is 102 cm³/mol. The second-order valence-electron chi connectivity index (χ2n) is 7.15. The van der Waals surface area contributed by atoms with Gasteiger partial charge < -0.3 is 14.5 Å². The standard InChI is InChI=1S/C18H24ClN3O3S/c1-11(2)14(20-16(23)25-18(3,4)5)15-21-22-17(24-15)26-10-12-8-6-7-9-13(12)19/h6-9,11,14H,10H2,1-5H3,(H,20,23). The van der Waals surface area contributed by atoms with Crippen molar-refractivity contribution in [2.45, 2.75) is 57.2 Å². The zero-order valence-electron chi connectivity index (χ0n) is 15.6. The van der Waals surface area contributed by atoms with Crippen LogP contribution in [0, 0.1) is 5.92 Å². The van der Waals surface area contributed by atoms with Crippen LogP contribution in [0.25, 0.3) is 0 Å². The van der Waals surface area contributed by atoms with E-state index in [1.807, 2.05) is 58.9 Å². The molecule has 0 fully saturated rings. The molecule has 1 amide bonds. The molecule has 1 N–H and O–H groups in total. The lowest BCUT2D eigenvalue weighted by atomic mass is 10.1. The number of rotatable bonds is 6. The quantitative estimate of drug-likeness (QED) is 0.672. The van der Waals surface area contributed by atoms with Gasteiger partial charge in [0.15, 0.2) is 0 Å². The van der Waals surface area contributed by atoms with Crippen molar-refractivity contribution in [2.24, 2.45) is 5.92 Å². The summed E-state index contributed by atoms with van der Waals surface area (Å²) in [5, 5.41) is 12.1. The highest BCUT2D eigenvalue weighted by molar-refractivity contribution is 7.98. The van der Waals surface area contributed by atoms with Gasteiger partial charge in [-0.3, -0.25) is 0 Å². The Morgan fingerprint density at radius 2 is 2.00 bits per heavy atom. The summed E-state index contributed by atoms with van der Waals surface area (Å²) in [6, 6.07) is 7.19. The van der Waals surface area contributed by atoms with E-state index in [0.717, 1.165) is 5.56 Å². The number of nitrogens with zero attached hydrogens (tertiary/aromatic N) is 2. The first-order chi connectivity index (χ1) is 12.2. The summed E-state index contributed by atoms with van der Waals surface area (Å²) < 4.78 is 11.0. The Balaban J connectivity index is 2.02. The Kier molecular flexibility index (Phi) is 6.94. The van der Waals surface area contributed by atoms with Crippen molar-refractivity contribution in [2.75, 3.05) is 0 Å². The monoisotopic (exact) mass is 397 g/mol. The van der Waals surface area contributed by atoms with E-state index in [2.05, 4.69) is 15.5 Å². The number of alkyl carbamates (subject to hydrolysis) is 1. The number of halogens is 1. The fraction of sp³-hybridized carbons (Fsp3) is 0.500. The number of ether oxygens (including phenoxy) is 1. The molecule has 1 aromatic carbocycles. The molecule has 0 radical (unpaired) electrons. The summed E-state index contributed by atoms with van der Waals surface area (Å²) in [7, 11) is 0. The number of hydrogen-bond acceptors (Lipinski definition) is 6. The van der Waals surface area contributed by atoms with Crippen molar-refractivity contribution in [1.82, 2.24) is 15.5 Å². The SMILES string of the molecule is CC(C)C(NC(=O)OC(C)(C)C)c1nnc(SCc2ccccc2Cl)o1. The van der Waals surface area contributed by atoms with Crippen molar-refractivity contribution in [3.05, 3.63) is 40.7 Å². The van der Waals surface area contributed by atoms with Gasteiger partial charge in [0, 0.05) is 10.8 Å². The summed E-state index contributed by atoms with van der Waals surface area (Å²) in [5.74, 6) is 1.03. The molecule has 1 heterocycles. The van der Waals surface area contributed by atoms with E-state index in [1.54, 1.807) is 0 Å². The number of benzene rings is 1. The molecule has 0 bridgehead atoms. The van der Waals surface area contributed by atoms with Crippen molar-refractivity contribution in [1.29, 1.82) is 0 Å². The van der Waals surface area contributed by atoms with Gasteiger partial charge in [0.25, 0.3) is 5.22 Å². The van der Waals surface area contributed by atoms with E-state index in [4.69, 9.17) is 20.8 Å². The van der Waals surface area contributed by atoms with Crippen molar-refractivity contribution in [3.63, 3.8) is 0 Å². The molecule has 142 valence electrons. The average Bonchev–Trinajstić information content (AvgIpc) is 2.98. The van der Waals surface area contributed by atoms with Crippen LogP contribution in [0.15, 0.2) is 33.9 Å². The van der Waals surface area contributed by atoms with E-state index < -0.39 is 17.7 Å². The molecule has 1 aromatic heterocycles. The van der Waals surface area contributed by atoms with Gasteiger partial charge in [-0.25, -0.2) is 4.79 Å². The van der Waals surface area contributed by atoms with Crippen LogP contribution in [0.1, 0.15) is 52.1 Å². The molecule has 0 aliphatic carbocycles. The predicted octanol–water partition coefficient (Wildman–Crippen LogP) is 5.24. The Morgan fingerprint density at radius 3 is 2.62 bits per heavy atom. The topological polar surface area (TPSA) is 77.2 Å². The summed E-state index contributed by atoms with van der Waals surface area (Å²) in [6.45, 7) is 9.36. The number of nitrogens with one attached hydrogen (secondary N) is 1. The Bertz CT molecular complexity index is 743. The maximum Gasteiger partial charge on any atom is 0.408 e. The van der Waals surface area contributed by atoms with Gasteiger partial charge in [0.05, 0.1) is 0 Å². The highest BCUT2D eigenvalue weighted by atomic mass is 35.5. The largest absolute Gasteiger partial charge is 0.444 e. The molecule has 0 spiro atoms. The van der Waals surface area contributed by atoms with Crippen LogP contribution in [0.5, 0.6) is 0 Å². The summed E-state index contributed by atoms with van der Waals surface area (Å²) >= 11 is 7.55. The fourth-order valence-electron chi connectivity index (χ4n) is 2.11. The van der Waals surface area contributed by atoms with Gasteiger partial charge in [-0.05, 0) is 38.3 Å². The summed E-state index contributed by atoms with van der Waals surface area (Å²) in [6.07, 6.45) is -0.514. The number of hydrogen-bond donors (Lipinski definition) is 1. The zero-order valence-corrected chi connectivity index (χ0v) is 17.1. The summed E-state index contributed by atoms with van der Waals surface area (Å²) in [4.78, 5) is 12.1. The molecule has 0 saturated carbocycles. The average molecular weight is 398 g/mol. The van der Waals surface area contributed by atoms with E-state index in [9.17, 15) is 4.79 Å². The molecular weight excluding hydrogens is 374 g/mol. The molecule has 0 aliphatic rings. The number of aromatic nitrogens is 2. The minimum Gasteiger partial charge on any atom is -0.444 e. The van der Waals surface area contributed by atoms with Gasteiger partial charge >= 0.3 is 6.09 Å². The Labute approximate surface area is 163 Å². The lowest BCUT2D eigenvalue weighted by Gasteiger charge is -2.23. The van der Waals surface area contributed by atoms with Crippen molar-refractivity contribution >= 4 is 29.5 Å². The third-order valence-electron chi connectivity index (χ3n) is 3.34. The van der Waals surface area contributed by atoms with Crippen LogP contribution in [-0.2, 0) is 10.5 Å². The molecule has 8 heteroatoms. The van der Waals surface area contributed by atoms with Crippen LogP contribution in [0.4, 0.5) is 4.79 Å². The van der Waals surface area contributed by atoms with Crippen LogP contribution < -0.4 is 5.32 Å². The molecule has 2 aromatic rings. The Morgan fingerprint density at radius 1 is 1.31 bits per heavy atom. The van der Waals surface area contributed by atoms with E-state index in [0.29, 0.717) is 21.9 Å². The van der Waals surface area contributed by atoms with Gasteiger partial charge in [-0.15, -0.1) is 10.2 Å². The van der Waals surface area contributed by atoms with Crippen LogP contribution in [0.2, 0.25) is 5.02 Å². The highest BCUT2D eigenvalue weighted by Gasteiger charge is 2.27. The smallest absolute Gasteiger partial charge is 0.408 e. The van der Waals surface area contributed by atoms with Crippen molar-refractivity contribution < 1.29 is 13.9 Å². The minimum absolute atomic E-state index is 0.0596. The lowest BCUT2D eigenvalue weighted by Crippen LogP contribution is -2.37.